The van der Waals surface area contributed by atoms with E-state index in [4.69, 9.17) is 25.8 Å². The summed E-state index contributed by atoms with van der Waals surface area (Å²) in [5.74, 6) is 1.35. The Hall–Kier alpha value is -3.63. The molecule has 0 aliphatic carbocycles. The van der Waals surface area contributed by atoms with E-state index in [1.54, 1.807) is 42.7 Å². The van der Waals surface area contributed by atoms with Gasteiger partial charge in [0.2, 0.25) is 15.8 Å². The van der Waals surface area contributed by atoms with E-state index in [0.29, 0.717) is 46.3 Å². The molecule has 1 N–H and O–H groups in total. The minimum absolute atomic E-state index is 0.100. The highest BCUT2D eigenvalue weighted by Crippen LogP contribution is 2.39. The first-order valence-corrected chi connectivity index (χ1v) is 14.4. The van der Waals surface area contributed by atoms with Crippen molar-refractivity contribution in [2.45, 2.75) is 11.4 Å². The number of hydrogen-bond donors (Lipinski definition) is 1. The van der Waals surface area contributed by atoms with Gasteiger partial charge in [-0.3, -0.25) is 4.98 Å². The van der Waals surface area contributed by atoms with Crippen molar-refractivity contribution in [3.63, 3.8) is 0 Å². The summed E-state index contributed by atoms with van der Waals surface area (Å²) in [5, 5.41) is 5.36. The fourth-order valence-corrected chi connectivity index (χ4v) is 6.10. The summed E-state index contributed by atoms with van der Waals surface area (Å²) in [6.07, 6.45) is 7.23. The first kappa shape index (κ1) is 29.4. The lowest BCUT2D eigenvalue weighted by atomic mass is 10.1. The number of fused-ring (bicyclic) bond motifs is 1. The molecule has 0 fully saturated rings. The predicted molar refractivity (Wildman–Crippen MR) is 159 cm³/mol. The van der Waals surface area contributed by atoms with E-state index in [9.17, 15) is 8.42 Å². The van der Waals surface area contributed by atoms with Gasteiger partial charge in [0.05, 0.1) is 26.2 Å². The molecular formula is C30H32ClN3O5S. The Labute approximate surface area is 240 Å². The van der Waals surface area contributed by atoms with Crippen LogP contribution in [0.5, 0.6) is 17.2 Å². The van der Waals surface area contributed by atoms with Gasteiger partial charge in [0.25, 0.3) is 0 Å². The van der Waals surface area contributed by atoms with Crippen molar-refractivity contribution >= 4 is 38.5 Å². The Morgan fingerprint density at radius 2 is 1.70 bits per heavy atom. The third-order valence-corrected chi connectivity index (χ3v) is 8.48. The second-order valence-electron chi connectivity index (χ2n) is 8.88. The number of benzene rings is 3. The molecule has 4 aromatic rings. The maximum atomic E-state index is 14.1. The molecule has 0 aliphatic heterocycles. The van der Waals surface area contributed by atoms with E-state index in [-0.39, 0.29) is 18.0 Å². The number of ether oxygens (including phenoxy) is 3. The third-order valence-electron chi connectivity index (χ3n) is 6.32. The van der Waals surface area contributed by atoms with Gasteiger partial charge in [-0.15, -0.1) is 0 Å². The van der Waals surface area contributed by atoms with Crippen LogP contribution in [0, 0.1) is 0 Å². The van der Waals surface area contributed by atoms with E-state index < -0.39 is 10.0 Å². The number of nitrogens with one attached hydrogen (secondary N) is 1. The zero-order chi connectivity index (χ0) is 28.5. The van der Waals surface area contributed by atoms with Crippen LogP contribution >= 0.6 is 11.6 Å². The van der Waals surface area contributed by atoms with Crippen molar-refractivity contribution in [2.24, 2.45) is 0 Å². The fraction of sp³-hybridized carbons (Fsp3) is 0.233. The number of rotatable bonds is 13. The first-order valence-electron chi connectivity index (χ1n) is 12.6. The van der Waals surface area contributed by atoms with Crippen LogP contribution in [0.4, 0.5) is 0 Å². The van der Waals surface area contributed by atoms with E-state index in [2.05, 4.69) is 10.3 Å². The van der Waals surface area contributed by atoms with Gasteiger partial charge >= 0.3 is 0 Å². The molecule has 0 saturated heterocycles. The van der Waals surface area contributed by atoms with Gasteiger partial charge in [-0.05, 0) is 47.5 Å². The van der Waals surface area contributed by atoms with Crippen molar-refractivity contribution in [3.05, 3.63) is 95.3 Å². The third kappa shape index (κ3) is 6.92. The SMILES string of the molecule is COc1cc(CN(CCNC/C=C/c2ccc(Cl)cc2)S(=O)(=O)c2cccc3cnccc23)cc(OC)c1OC. The van der Waals surface area contributed by atoms with Gasteiger partial charge < -0.3 is 19.5 Å². The average Bonchev–Trinajstić information content (AvgIpc) is 2.98. The summed E-state index contributed by atoms with van der Waals surface area (Å²) in [4.78, 5) is 4.36. The lowest BCUT2D eigenvalue weighted by molar-refractivity contribution is 0.322. The second kappa shape index (κ2) is 13.6. The molecule has 0 radical (unpaired) electrons. The number of aromatic nitrogens is 1. The quantitative estimate of drug-likeness (QED) is 0.211. The molecular weight excluding hydrogens is 550 g/mol. The Bertz CT molecular complexity index is 1550. The highest BCUT2D eigenvalue weighted by Gasteiger charge is 2.27. The minimum atomic E-state index is -3.90. The van der Waals surface area contributed by atoms with Crippen molar-refractivity contribution in [1.29, 1.82) is 0 Å². The van der Waals surface area contributed by atoms with E-state index in [1.165, 1.54) is 25.6 Å². The molecule has 4 rings (SSSR count). The van der Waals surface area contributed by atoms with Crippen molar-refractivity contribution in [2.75, 3.05) is 41.0 Å². The fourth-order valence-electron chi connectivity index (χ4n) is 4.33. The van der Waals surface area contributed by atoms with Crippen LogP contribution in [0.25, 0.3) is 16.8 Å². The molecule has 1 heterocycles. The van der Waals surface area contributed by atoms with Gasteiger partial charge in [0.15, 0.2) is 11.5 Å². The summed E-state index contributed by atoms with van der Waals surface area (Å²) in [7, 11) is 0.687. The minimum Gasteiger partial charge on any atom is -0.493 e. The van der Waals surface area contributed by atoms with Gasteiger partial charge in [-0.2, -0.15) is 4.31 Å². The van der Waals surface area contributed by atoms with Crippen LogP contribution in [-0.2, 0) is 16.6 Å². The molecule has 1 aromatic heterocycles. The highest BCUT2D eigenvalue weighted by atomic mass is 35.5. The largest absolute Gasteiger partial charge is 0.493 e. The maximum absolute atomic E-state index is 14.1. The number of methoxy groups -OCH3 is 3. The molecule has 0 amide bonds. The molecule has 0 aliphatic rings. The van der Waals surface area contributed by atoms with Crippen molar-refractivity contribution in [3.8, 4) is 17.2 Å². The van der Waals surface area contributed by atoms with Crippen molar-refractivity contribution < 1.29 is 22.6 Å². The second-order valence-corrected chi connectivity index (χ2v) is 11.2. The van der Waals surface area contributed by atoms with Gasteiger partial charge in [-0.1, -0.05) is 48.0 Å². The summed E-state index contributed by atoms with van der Waals surface area (Å²) in [6.45, 7) is 1.33. The standard InChI is InChI=1S/C30H32ClN3O5S/c1-37-27-18-23(19-28(38-2)30(27)39-3)21-34(17-16-32-14-5-6-22-9-11-25(31)12-10-22)40(35,36)29-8-4-7-24-20-33-15-13-26(24)29/h4-13,15,18-20,32H,14,16-17,21H2,1-3H3/b6-5+. The Morgan fingerprint density at radius 1 is 0.975 bits per heavy atom. The van der Waals surface area contributed by atoms with Crippen molar-refractivity contribution in [1.82, 2.24) is 14.6 Å². The Morgan fingerprint density at radius 3 is 2.38 bits per heavy atom. The zero-order valence-electron chi connectivity index (χ0n) is 22.6. The van der Waals surface area contributed by atoms with Crippen LogP contribution in [0.2, 0.25) is 5.02 Å². The van der Waals surface area contributed by atoms with Crippen LogP contribution in [-0.4, -0.2) is 58.7 Å². The van der Waals surface area contributed by atoms with Crippen LogP contribution in [0.3, 0.4) is 0 Å². The lowest BCUT2D eigenvalue weighted by Crippen LogP contribution is -2.36. The molecule has 10 heteroatoms. The molecule has 0 atom stereocenters. The zero-order valence-corrected chi connectivity index (χ0v) is 24.2. The molecule has 0 saturated carbocycles. The Kier molecular flexibility index (Phi) is 10.0. The predicted octanol–water partition coefficient (Wildman–Crippen LogP) is 5.41. The van der Waals surface area contributed by atoms with E-state index >= 15 is 0 Å². The van der Waals surface area contributed by atoms with Crippen LogP contribution in [0.1, 0.15) is 11.1 Å². The highest BCUT2D eigenvalue weighted by molar-refractivity contribution is 7.89. The number of halogens is 1. The Balaban J connectivity index is 1.59. The normalized spacial score (nSPS) is 11.8. The molecule has 40 heavy (non-hydrogen) atoms. The smallest absolute Gasteiger partial charge is 0.244 e. The molecule has 3 aromatic carbocycles. The molecule has 8 nitrogen and oxygen atoms in total. The van der Waals surface area contributed by atoms with Gasteiger partial charge in [0.1, 0.15) is 0 Å². The van der Waals surface area contributed by atoms with E-state index in [1.807, 2.05) is 42.5 Å². The van der Waals surface area contributed by atoms with Gasteiger partial charge in [-0.25, -0.2) is 8.42 Å². The van der Waals surface area contributed by atoms with Crippen LogP contribution < -0.4 is 19.5 Å². The first-order chi connectivity index (χ1) is 19.4. The number of nitrogens with zero attached hydrogens (tertiary/aromatic N) is 2. The summed E-state index contributed by atoms with van der Waals surface area (Å²) in [5.41, 5.74) is 1.73. The summed E-state index contributed by atoms with van der Waals surface area (Å²) in [6, 6.07) is 18.0. The number of sulfonamides is 1. The monoisotopic (exact) mass is 581 g/mol. The maximum Gasteiger partial charge on any atom is 0.244 e. The molecule has 0 bridgehead atoms. The lowest BCUT2D eigenvalue weighted by Gasteiger charge is -2.24. The number of hydrogen-bond acceptors (Lipinski definition) is 7. The average molecular weight is 582 g/mol. The number of pyridine rings is 1. The van der Waals surface area contributed by atoms with E-state index in [0.717, 1.165) is 10.9 Å². The topological polar surface area (TPSA) is 90.0 Å². The molecule has 0 spiro atoms. The molecule has 210 valence electrons. The van der Waals surface area contributed by atoms with Gasteiger partial charge in [0, 0.05) is 54.4 Å². The van der Waals surface area contributed by atoms with Crippen LogP contribution in [0.15, 0.2) is 84.0 Å². The summed E-state index contributed by atoms with van der Waals surface area (Å²) >= 11 is 5.95. The molecule has 0 unspecified atom stereocenters. The summed E-state index contributed by atoms with van der Waals surface area (Å²) < 4.78 is 46.0.